The van der Waals surface area contributed by atoms with E-state index < -0.39 is 5.54 Å². The van der Waals surface area contributed by atoms with Crippen molar-refractivity contribution in [1.82, 2.24) is 15.1 Å². The molecule has 0 spiro atoms. The standard InChI is InChI=1S/C17H20N4/c1-14-11-19-21(12-14)10-9-17(13-18,20-16-7-8-16)15-5-3-2-4-6-15/h2-6,11-12,16,20H,7-10H2,1H3. The van der Waals surface area contributed by atoms with E-state index in [1.54, 1.807) is 0 Å². The van der Waals surface area contributed by atoms with Gasteiger partial charge in [-0.25, -0.2) is 0 Å². The first-order valence-corrected chi connectivity index (χ1v) is 7.45. The van der Waals surface area contributed by atoms with Crippen LogP contribution in [-0.4, -0.2) is 15.8 Å². The van der Waals surface area contributed by atoms with E-state index in [9.17, 15) is 5.26 Å². The molecule has 1 aliphatic carbocycles. The molecule has 0 saturated heterocycles. The molecule has 4 heteroatoms. The molecule has 2 aromatic rings. The Kier molecular flexibility index (Phi) is 3.76. The van der Waals surface area contributed by atoms with Gasteiger partial charge in [-0.1, -0.05) is 30.3 Å². The van der Waals surface area contributed by atoms with E-state index in [0.717, 1.165) is 30.5 Å². The van der Waals surface area contributed by atoms with Crippen LogP contribution in [0.1, 0.15) is 30.4 Å². The van der Waals surface area contributed by atoms with Gasteiger partial charge >= 0.3 is 0 Å². The lowest BCUT2D eigenvalue weighted by atomic mass is 9.87. The first-order valence-electron chi connectivity index (χ1n) is 7.45. The van der Waals surface area contributed by atoms with Gasteiger partial charge in [0.1, 0.15) is 5.54 Å². The SMILES string of the molecule is Cc1cnn(CCC(C#N)(NC2CC2)c2ccccc2)c1. The van der Waals surface area contributed by atoms with Gasteiger partial charge in [0.05, 0.1) is 12.3 Å². The van der Waals surface area contributed by atoms with Crippen molar-refractivity contribution >= 4 is 0 Å². The molecule has 4 nitrogen and oxygen atoms in total. The minimum atomic E-state index is -0.623. The molecular formula is C17H20N4. The van der Waals surface area contributed by atoms with Gasteiger partial charge in [-0.2, -0.15) is 10.4 Å². The van der Waals surface area contributed by atoms with Gasteiger partial charge in [0.25, 0.3) is 0 Å². The van der Waals surface area contributed by atoms with E-state index in [0.29, 0.717) is 12.5 Å². The number of rotatable bonds is 6. The maximum absolute atomic E-state index is 9.85. The first kappa shape index (κ1) is 13.8. The highest BCUT2D eigenvalue weighted by Crippen LogP contribution is 2.31. The van der Waals surface area contributed by atoms with Crippen molar-refractivity contribution in [3.8, 4) is 6.07 Å². The third-order valence-electron chi connectivity index (χ3n) is 3.96. The van der Waals surface area contributed by atoms with Crippen LogP contribution in [0, 0.1) is 18.3 Å². The molecule has 1 aromatic heterocycles. The van der Waals surface area contributed by atoms with E-state index in [1.807, 2.05) is 54.3 Å². The van der Waals surface area contributed by atoms with Crippen LogP contribution in [0.25, 0.3) is 0 Å². The number of nitrogens with one attached hydrogen (secondary N) is 1. The number of nitrogens with zero attached hydrogens (tertiary/aromatic N) is 3. The third kappa shape index (κ3) is 3.14. The Morgan fingerprint density at radius 2 is 2.14 bits per heavy atom. The van der Waals surface area contributed by atoms with Crippen molar-refractivity contribution in [2.24, 2.45) is 0 Å². The van der Waals surface area contributed by atoms with Gasteiger partial charge < -0.3 is 0 Å². The van der Waals surface area contributed by atoms with E-state index in [2.05, 4.69) is 16.5 Å². The van der Waals surface area contributed by atoms with Crippen molar-refractivity contribution in [1.29, 1.82) is 5.26 Å². The minimum absolute atomic E-state index is 0.476. The molecule has 1 atom stereocenters. The lowest BCUT2D eigenvalue weighted by Gasteiger charge is -2.28. The lowest BCUT2D eigenvalue weighted by Crippen LogP contribution is -2.43. The molecule has 1 aliphatic rings. The van der Waals surface area contributed by atoms with E-state index in [-0.39, 0.29) is 0 Å². The van der Waals surface area contributed by atoms with Gasteiger partial charge in [0.2, 0.25) is 0 Å². The first-order chi connectivity index (χ1) is 10.2. The lowest BCUT2D eigenvalue weighted by molar-refractivity contribution is 0.361. The Balaban J connectivity index is 1.82. The summed E-state index contributed by atoms with van der Waals surface area (Å²) in [6.07, 6.45) is 6.91. The topological polar surface area (TPSA) is 53.6 Å². The molecule has 0 bridgehead atoms. The summed E-state index contributed by atoms with van der Waals surface area (Å²) in [7, 11) is 0. The van der Waals surface area contributed by atoms with Gasteiger partial charge in [-0.15, -0.1) is 0 Å². The maximum atomic E-state index is 9.85. The molecular weight excluding hydrogens is 260 g/mol. The Hall–Kier alpha value is -2.12. The van der Waals surface area contributed by atoms with Crippen LogP contribution in [0.3, 0.4) is 0 Å². The molecule has 0 radical (unpaired) electrons. The zero-order valence-electron chi connectivity index (χ0n) is 12.3. The molecule has 1 aromatic carbocycles. The Morgan fingerprint density at radius 1 is 1.38 bits per heavy atom. The fourth-order valence-electron chi connectivity index (χ4n) is 2.62. The number of benzene rings is 1. The van der Waals surface area contributed by atoms with Crippen LogP contribution < -0.4 is 5.32 Å². The Bertz CT molecular complexity index is 636. The monoisotopic (exact) mass is 280 g/mol. The highest BCUT2D eigenvalue weighted by molar-refractivity contribution is 5.32. The number of hydrogen-bond donors (Lipinski definition) is 1. The Morgan fingerprint density at radius 3 is 2.71 bits per heavy atom. The van der Waals surface area contributed by atoms with Crippen molar-refractivity contribution in [3.05, 3.63) is 53.9 Å². The predicted molar refractivity (Wildman–Crippen MR) is 81.5 cm³/mol. The zero-order valence-corrected chi connectivity index (χ0v) is 12.3. The van der Waals surface area contributed by atoms with Gasteiger partial charge in [0, 0.05) is 25.2 Å². The summed E-state index contributed by atoms with van der Waals surface area (Å²) in [4.78, 5) is 0. The summed E-state index contributed by atoms with van der Waals surface area (Å²) in [6.45, 7) is 2.76. The molecule has 3 rings (SSSR count). The highest BCUT2D eigenvalue weighted by Gasteiger charge is 2.37. The summed E-state index contributed by atoms with van der Waals surface area (Å²) in [5.41, 5.74) is 1.57. The minimum Gasteiger partial charge on any atom is -0.293 e. The largest absolute Gasteiger partial charge is 0.293 e. The average Bonchev–Trinajstić information content (AvgIpc) is 3.24. The van der Waals surface area contributed by atoms with Crippen molar-refractivity contribution < 1.29 is 0 Å². The summed E-state index contributed by atoms with van der Waals surface area (Å²) in [5.74, 6) is 0. The third-order valence-corrected chi connectivity index (χ3v) is 3.96. The highest BCUT2D eigenvalue weighted by atomic mass is 15.3. The number of nitriles is 1. The summed E-state index contributed by atoms with van der Waals surface area (Å²) >= 11 is 0. The average molecular weight is 280 g/mol. The second kappa shape index (κ2) is 5.71. The smallest absolute Gasteiger partial charge is 0.134 e. The van der Waals surface area contributed by atoms with E-state index >= 15 is 0 Å². The quantitative estimate of drug-likeness (QED) is 0.885. The van der Waals surface area contributed by atoms with Gasteiger partial charge in [-0.05, 0) is 30.9 Å². The second-order valence-electron chi connectivity index (χ2n) is 5.83. The van der Waals surface area contributed by atoms with Crippen LogP contribution in [0.15, 0.2) is 42.7 Å². The summed E-state index contributed by atoms with van der Waals surface area (Å²) in [5, 5.41) is 17.7. The molecule has 1 unspecified atom stereocenters. The van der Waals surface area contributed by atoms with E-state index in [1.165, 1.54) is 0 Å². The van der Waals surface area contributed by atoms with E-state index in [4.69, 9.17) is 0 Å². The molecule has 1 N–H and O–H groups in total. The second-order valence-corrected chi connectivity index (χ2v) is 5.83. The van der Waals surface area contributed by atoms with Gasteiger partial charge in [-0.3, -0.25) is 10.00 Å². The molecule has 0 aliphatic heterocycles. The van der Waals surface area contributed by atoms with Crippen LogP contribution in [-0.2, 0) is 12.1 Å². The number of aryl methyl sites for hydroxylation is 2. The molecule has 1 heterocycles. The zero-order chi connectivity index (χ0) is 14.7. The Labute approximate surface area is 125 Å². The van der Waals surface area contributed by atoms with Crippen LogP contribution >= 0.6 is 0 Å². The van der Waals surface area contributed by atoms with Crippen LogP contribution in [0.5, 0.6) is 0 Å². The fraction of sp³-hybridized carbons (Fsp3) is 0.412. The fourth-order valence-corrected chi connectivity index (χ4v) is 2.62. The van der Waals surface area contributed by atoms with Crippen molar-refractivity contribution in [2.45, 2.75) is 44.3 Å². The molecule has 0 amide bonds. The van der Waals surface area contributed by atoms with Crippen LogP contribution in [0.2, 0.25) is 0 Å². The van der Waals surface area contributed by atoms with Crippen molar-refractivity contribution in [2.75, 3.05) is 0 Å². The van der Waals surface area contributed by atoms with Crippen molar-refractivity contribution in [3.63, 3.8) is 0 Å². The van der Waals surface area contributed by atoms with Crippen LogP contribution in [0.4, 0.5) is 0 Å². The van der Waals surface area contributed by atoms with Gasteiger partial charge in [0.15, 0.2) is 0 Å². The summed E-state index contributed by atoms with van der Waals surface area (Å²) < 4.78 is 1.92. The maximum Gasteiger partial charge on any atom is 0.134 e. The summed E-state index contributed by atoms with van der Waals surface area (Å²) in [6, 6.07) is 13.0. The predicted octanol–water partition coefficient (Wildman–Crippen LogP) is 2.75. The molecule has 21 heavy (non-hydrogen) atoms. The molecule has 1 saturated carbocycles. The molecule has 1 fully saturated rings. The number of aromatic nitrogens is 2. The number of hydrogen-bond acceptors (Lipinski definition) is 3. The normalized spacial score (nSPS) is 17.1. The molecule has 108 valence electrons.